The van der Waals surface area contributed by atoms with E-state index in [2.05, 4.69) is 15.4 Å². The average Bonchev–Trinajstić information content (AvgIpc) is 2.41. The van der Waals surface area contributed by atoms with Crippen LogP contribution in [0, 0.1) is 0 Å². The summed E-state index contributed by atoms with van der Waals surface area (Å²) in [5.74, 6) is 0.0574. The lowest BCUT2D eigenvalue weighted by molar-refractivity contribution is -0.121. The van der Waals surface area contributed by atoms with Crippen LogP contribution < -0.4 is 15.4 Å². The molecule has 118 valence electrons. The van der Waals surface area contributed by atoms with E-state index >= 15 is 0 Å². The summed E-state index contributed by atoms with van der Waals surface area (Å²) in [5, 5.41) is 6.22. The highest BCUT2D eigenvalue weighted by Gasteiger charge is 2.15. The molecule has 1 aromatic rings. The molecule has 1 saturated heterocycles. The fraction of sp³-hybridized carbons (Fsp3) is 0.500. The number of piperidine rings is 1. The molecule has 1 amide bonds. The van der Waals surface area contributed by atoms with Crippen molar-refractivity contribution in [3.8, 4) is 5.75 Å². The van der Waals surface area contributed by atoms with Gasteiger partial charge in [-0.2, -0.15) is 8.78 Å². The van der Waals surface area contributed by atoms with E-state index in [9.17, 15) is 13.6 Å². The Kier molecular flexibility index (Phi) is 7.39. The van der Waals surface area contributed by atoms with Gasteiger partial charge in [-0.3, -0.25) is 4.79 Å². The number of carbonyl (C=O) groups is 1. The van der Waals surface area contributed by atoms with E-state index in [4.69, 9.17) is 0 Å². The maximum atomic E-state index is 12.0. The first kappa shape index (κ1) is 17.7. The maximum absolute atomic E-state index is 12.0. The summed E-state index contributed by atoms with van der Waals surface area (Å²) in [6.45, 7) is -0.987. The van der Waals surface area contributed by atoms with Gasteiger partial charge in [0.1, 0.15) is 5.75 Å². The van der Waals surface area contributed by atoms with E-state index in [1.807, 2.05) is 0 Å². The Morgan fingerprint density at radius 2 is 1.90 bits per heavy atom. The quantitative estimate of drug-likeness (QED) is 0.874. The van der Waals surface area contributed by atoms with Gasteiger partial charge in [0.05, 0.1) is 6.42 Å². The third kappa shape index (κ3) is 6.27. The van der Waals surface area contributed by atoms with Crippen molar-refractivity contribution < 1.29 is 18.3 Å². The molecule has 0 aromatic heterocycles. The van der Waals surface area contributed by atoms with Crippen LogP contribution in [0.25, 0.3) is 0 Å². The molecule has 1 fully saturated rings. The largest absolute Gasteiger partial charge is 0.435 e. The number of hydrogen-bond acceptors (Lipinski definition) is 3. The van der Waals surface area contributed by atoms with Crippen LogP contribution in [-0.2, 0) is 11.2 Å². The minimum absolute atomic E-state index is 0. The van der Waals surface area contributed by atoms with Crippen LogP contribution in [0.2, 0.25) is 0 Å². The summed E-state index contributed by atoms with van der Waals surface area (Å²) in [4.78, 5) is 11.9. The monoisotopic (exact) mass is 320 g/mol. The highest BCUT2D eigenvalue weighted by Crippen LogP contribution is 2.15. The average molecular weight is 321 g/mol. The molecule has 1 aliphatic rings. The van der Waals surface area contributed by atoms with Crippen LogP contribution in [0.5, 0.6) is 5.75 Å². The molecule has 1 aromatic carbocycles. The van der Waals surface area contributed by atoms with Crippen molar-refractivity contribution in [3.63, 3.8) is 0 Å². The first-order valence-corrected chi connectivity index (χ1v) is 6.67. The summed E-state index contributed by atoms with van der Waals surface area (Å²) in [6.07, 6.45) is 2.12. The molecule has 1 aliphatic heterocycles. The van der Waals surface area contributed by atoms with Gasteiger partial charge in [0, 0.05) is 6.04 Å². The number of halogens is 3. The highest BCUT2D eigenvalue weighted by molar-refractivity contribution is 5.85. The van der Waals surface area contributed by atoms with Crippen molar-refractivity contribution >= 4 is 18.3 Å². The van der Waals surface area contributed by atoms with E-state index in [0.717, 1.165) is 31.5 Å². The second-order valence-corrected chi connectivity index (χ2v) is 4.79. The van der Waals surface area contributed by atoms with Crippen molar-refractivity contribution in [1.29, 1.82) is 0 Å². The fourth-order valence-corrected chi connectivity index (χ4v) is 2.22. The number of ether oxygens (including phenoxy) is 1. The first-order valence-electron chi connectivity index (χ1n) is 6.67. The van der Waals surface area contributed by atoms with Crippen LogP contribution in [0.3, 0.4) is 0 Å². The topological polar surface area (TPSA) is 50.4 Å². The van der Waals surface area contributed by atoms with Crippen molar-refractivity contribution in [1.82, 2.24) is 10.6 Å². The number of rotatable bonds is 5. The van der Waals surface area contributed by atoms with Crippen molar-refractivity contribution in [3.05, 3.63) is 29.8 Å². The Morgan fingerprint density at radius 3 is 2.48 bits per heavy atom. The lowest BCUT2D eigenvalue weighted by Gasteiger charge is -2.23. The zero-order chi connectivity index (χ0) is 14.4. The van der Waals surface area contributed by atoms with Gasteiger partial charge in [-0.25, -0.2) is 0 Å². The van der Waals surface area contributed by atoms with E-state index in [0.29, 0.717) is 0 Å². The zero-order valence-electron chi connectivity index (χ0n) is 11.5. The Bertz CT molecular complexity index is 437. The van der Waals surface area contributed by atoms with E-state index in [1.165, 1.54) is 12.1 Å². The molecule has 0 spiro atoms. The molecule has 0 aliphatic carbocycles. The van der Waals surface area contributed by atoms with Crippen LogP contribution in [0.4, 0.5) is 8.78 Å². The van der Waals surface area contributed by atoms with Crippen LogP contribution in [0.1, 0.15) is 18.4 Å². The molecule has 4 nitrogen and oxygen atoms in total. The lowest BCUT2D eigenvalue weighted by Crippen LogP contribution is -2.43. The standard InChI is InChI=1S/C14H18F2N2O2.ClH/c15-14(16)20-12-3-1-10(2-4-12)9-13(19)18-11-5-7-17-8-6-11;/h1-4,11,14,17H,5-9H2,(H,18,19);1H. The van der Waals surface area contributed by atoms with Gasteiger partial charge < -0.3 is 15.4 Å². The predicted octanol–water partition coefficient (Wildman–Crippen LogP) is 2.12. The molecule has 0 radical (unpaired) electrons. The molecule has 2 N–H and O–H groups in total. The van der Waals surface area contributed by atoms with Gasteiger partial charge in [0.25, 0.3) is 0 Å². The maximum Gasteiger partial charge on any atom is 0.387 e. The Labute approximate surface area is 128 Å². The van der Waals surface area contributed by atoms with Gasteiger partial charge in [-0.05, 0) is 43.6 Å². The summed E-state index contributed by atoms with van der Waals surface area (Å²) < 4.78 is 28.3. The molecular weight excluding hydrogens is 302 g/mol. The summed E-state index contributed by atoms with van der Waals surface area (Å²) in [5.41, 5.74) is 0.776. The minimum Gasteiger partial charge on any atom is -0.435 e. The summed E-state index contributed by atoms with van der Waals surface area (Å²) >= 11 is 0. The van der Waals surface area contributed by atoms with Crippen LogP contribution >= 0.6 is 12.4 Å². The van der Waals surface area contributed by atoms with Crippen molar-refractivity contribution in [2.75, 3.05) is 13.1 Å². The molecular formula is C14H19ClF2N2O2. The molecule has 0 unspecified atom stereocenters. The molecule has 21 heavy (non-hydrogen) atoms. The molecule has 0 bridgehead atoms. The van der Waals surface area contributed by atoms with E-state index < -0.39 is 6.61 Å². The fourth-order valence-electron chi connectivity index (χ4n) is 2.22. The van der Waals surface area contributed by atoms with Gasteiger partial charge in [-0.15, -0.1) is 12.4 Å². The molecule has 0 atom stereocenters. The molecule has 1 heterocycles. The number of benzene rings is 1. The lowest BCUT2D eigenvalue weighted by atomic mass is 10.1. The number of alkyl halides is 2. The van der Waals surface area contributed by atoms with Gasteiger partial charge in [0.15, 0.2) is 0 Å². The normalized spacial score (nSPS) is 15.4. The van der Waals surface area contributed by atoms with Gasteiger partial charge in [0.2, 0.25) is 5.91 Å². The predicted molar refractivity (Wildman–Crippen MR) is 78.1 cm³/mol. The third-order valence-electron chi connectivity index (χ3n) is 3.22. The van der Waals surface area contributed by atoms with Crippen LogP contribution in [-0.4, -0.2) is 31.7 Å². The molecule has 0 saturated carbocycles. The van der Waals surface area contributed by atoms with Gasteiger partial charge in [-0.1, -0.05) is 12.1 Å². The van der Waals surface area contributed by atoms with E-state index in [1.54, 1.807) is 12.1 Å². The first-order chi connectivity index (χ1) is 9.63. The minimum atomic E-state index is -2.83. The second kappa shape index (κ2) is 8.79. The second-order valence-electron chi connectivity index (χ2n) is 4.79. The van der Waals surface area contributed by atoms with Crippen molar-refractivity contribution in [2.45, 2.75) is 31.9 Å². The smallest absolute Gasteiger partial charge is 0.387 e. The highest BCUT2D eigenvalue weighted by atomic mass is 35.5. The molecule has 7 heteroatoms. The van der Waals surface area contributed by atoms with Crippen molar-refractivity contribution in [2.24, 2.45) is 0 Å². The van der Waals surface area contributed by atoms with E-state index in [-0.39, 0.29) is 36.5 Å². The van der Waals surface area contributed by atoms with Crippen LogP contribution in [0.15, 0.2) is 24.3 Å². The third-order valence-corrected chi connectivity index (χ3v) is 3.22. The summed E-state index contributed by atoms with van der Waals surface area (Å²) in [7, 11) is 0. The van der Waals surface area contributed by atoms with Gasteiger partial charge >= 0.3 is 6.61 Å². The number of nitrogens with one attached hydrogen (secondary N) is 2. The number of hydrogen-bond donors (Lipinski definition) is 2. The Balaban J connectivity index is 0.00000220. The Morgan fingerprint density at radius 1 is 1.29 bits per heavy atom. The number of amides is 1. The molecule has 2 rings (SSSR count). The Hall–Kier alpha value is -1.40. The summed E-state index contributed by atoms with van der Waals surface area (Å²) in [6, 6.07) is 6.36. The zero-order valence-corrected chi connectivity index (χ0v) is 12.3. The SMILES string of the molecule is Cl.O=C(Cc1ccc(OC(F)F)cc1)NC1CCNCC1. The number of carbonyl (C=O) groups excluding carboxylic acids is 1.